The van der Waals surface area contributed by atoms with Gasteiger partial charge in [0.2, 0.25) is 0 Å². The first-order valence-electron chi connectivity index (χ1n) is 7.29. The lowest BCUT2D eigenvalue weighted by Gasteiger charge is -2.23. The van der Waals surface area contributed by atoms with Gasteiger partial charge in [0.05, 0.1) is 0 Å². The quantitative estimate of drug-likeness (QED) is 0.214. The second kappa shape index (κ2) is 9.24. The molecule has 0 saturated heterocycles. The minimum atomic E-state index is 0.114. The molecule has 0 atom stereocenters. The maximum atomic E-state index is 7.46. The highest BCUT2D eigenvalue weighted by Gasteiger charge is 2.17. The van der Waals surface area contributed by atoms with Crippen molar-refractivity contribution in [2.75, 3.05) is 0 Å². The summed E-state index contributed by atoms with van der Waals surface area (Å²) in [5.74, 6) is 0. The van der Waals surface area contributed by atoms with Crippen molar-refractivity contribution in [3.05, 3.63) is 33.4 Å². The normalized spacial score (nSPS) is 10.2. The molecule has 132 valence electrons. The lowest BCUT2D eigenvalue weighted by Crippen LogP contribution is -2.24. The van der Waals surface area contributed by atoms with Gasteiger partial charge in [-0.05, 0) is 54.2 Å². The van der Waals surface area contributed by atoms with Crippen molar-refractivity contribution < 1.29 is 0 Å². The molecule has 0 unspecified atom stereocenters. The van der Waals surface area contributed by atoms with E-state index in [0.717, 1.165) is 33.4 Å². The highest BCUT2D eigenvalue weighted by Crippen LogP contribution is 2.27. The zero-order valence-electron chi connectivity index (χ0n) is 14.0. The van der Waals surface area contributed by atoms with Gasteiger partial charge >= 0.3 is 0 Å². The first-order valence-corrected chi connectivity index (χ1v) is 8.63. The third-order valence-corrected chi connectivity index (χ3v) is 4.49. The van der Waals surface area contributed by atoms with Crippen LogP contribution >= 0.6 is 37.9 Å². The molecule has 0 aliphatic carbocycles. The third kappa shape index (κ3) is 5.64. The van der Waals surface area contributed by atoms with Gasteiger partial charge in [0.25, 0.3) is 0 Å². The van der Waals surface area contributed by atoms with Crippen molar-refractivity contribution in [3.63, 3.8) is 0 Å². The maximum absolute atomic E-state index is 7.46. The van der Waals surface area contributed by atoms with Crippen LogP contribution in [0.5, 0.6) is 0 Å². The number of benzene rings is 1. The molecule has 0 aliphatic heterocycles. The van der Waals surface area contributed by atoms with Crippen LogP contribution in [0.4, 0.5) is 0 Å². The van der Waals surface area contributed by atoms with E-state index in [1.807, 2.05) is 20.8 Å². The van der Waals surface area contributed by atoms with Crippen LogP contribution < -0.4 is 16.0 Å². The summed E-state index contributed by atoms with van der Waals surface area (Å²) < 4.78 is 0. The van der Waals surface area contributed by atoms with E-state index in [0.29, 0.717) is 19.6 Å². The zero-order valence-corrected chi connectivity index (χ0v) is 16.6. The minimum absolute atomic E-state index is 0.114. The Hall–Kier alpha value is -1.32. The lowest BCUT2D eigenvalue weighted by molar-refractivity contribution is 0.828. The summed E-state index contributed by atoms with van der Waals surface area (Å²) in [4.78, 5) is 0. The van der Waals surface area contributed by atoms with Crippen LogP contribution in [0.3, 0.4) is 0 Å². The molecule has 1 aromatic rings. The summed E-state index contributed by atoms with van der Waals surface area (Å²) in [7, 11) is 0. The van der Waals surface area contributed by atoms with Gasteiger partial charge in [-0.25, -0.2) is 0 Å². The summed E-state index contributed by atoms with van der Waals surface area (Å²) in [6, 6.07) is 0. The first-order chi connectivity index (χ1) is 11.1. The standard InChI is InChI=1S/C15H24N6S3/c1-7-10(4-19-13(16)22)8(2)12(6-21-15(18)24)9(3)11(7)5-20-14(17)23/h4-6H2,1-3H3,(H3,16,19,22)(H3,17,20,23)(H3,18,21,24). The van der Waals surface area contributed by atoms with Gasteiger partial charge in [-0.2, -0.15) is 0 Å². The van der Waals surface area contributed by atoms with Crippen molar-refractivity contribution in [3.8, 4) is 0 Å². The Morgan fingerprint density at radius 1 is 0.625 bits per heavy atom. The van der Waals surface area contributed by atoms with Crippen LogP contribution in [0.2, 0.25) is 0 Å². The Bertz CT molecular complexity index is 560. The van der Waals surface area contributed by atoms with Crippen molar-refractivity contribution in [2.45, 2.75) is 40.4 Å². The Labute approximate surface area is 159 Å². The summed E-state index contributed by atoms with van der Waals surface area (Å²) in [6.07, 6.45) is 0. The van der Waals surface area contributed by atoms with Crippen LogP contribution in [-0.2, 0) is 19.6 Å². The number of nitrogens with one attached hydrogen (secondary N) is 6. The zero-order chi connectivity index (χ0) is 18.4. The molecule has 0 fully saturated rings. The predicted octanol–water partition coefficient (Wildman–Crippen LogP) is 2.47. The van der Waals surface area contributed by atoms with E-state index in [4.69, 9.17) is 16.2 Å². The lowest BCUT2D eigenvalue weighted by atomic mass is 9.88. The van der Waals surface area contributed by atoms with E-state index < -0.39 is 0 Å². The highest BCUT2D eigenvalue weighted by molar-refractivity contribution is 7.97. The molecule has 1 aromatic carbocycles. The Kier molecular flexibility index (Phi) is 7.98. The van der Waals surface area contributed by atoms with E-state index in [1.165, 1.54) is 0 Å². The summed E-state index contributed by atoms with van der Waals surface area (Å²) in [5.41, 5.74) is 6.59. The highest BCUT2D eigenvalue weighted by atomic mass is 32.1. The average molecular weight is 385 g/mol. The van der Waals surface area contributed by atoms with Gasteiger partial charge in [-0.1, -0.05) is 0 Å². The number of hydrogen-bond donors (Lipinski definition) is 9. The summed E-state index contributed by atoms with van der Waals surface area (Å²) in [5, 5.41) is 31.5. The molecule has 1 rings (SSSR count). The SMILES string of the molecule is Cc1c(CNC(=N)S)c(C)c(CNC(=N)S)c(C)c1CNC(=N)S. The molecule has 0 radical (unpaired) electrons. The predicted molar refractivity (Wildman–Crippen MR) is 111 cm³/mol. The van der Waals surface area contributed by atoms with Crippen molar-refractivity contribution >= 4 is 53.4 Å². The molecular formula is C15H24N6S3. The van der Waals surface area contributed by atoms with Crippen LogP contribution in [0.1, 0.15) is 33.4 Å². The molecule has 0 spiro atoms. The second-order valence-corrected chi connectivity index (χ2v) is 6.76. The van der Waals surface area contributed by atoms with Gasteiger partial charge in [0.15, 0.2) is 15.5 Å². The van der Waals surface area contributed by atoms with Gasteiger partial charge in [-0.3, -0.25) is 16.2 Å². The number of thiol groups is 3. The van der Waals surface area contributed by atoms with Crippen LogP contribution in [0, 0.1) is 37.0 Å². The van der Waals surface area contributed by atoms with Crippen LogP contribution in [0.25, 0.3) is 0 Å². The molecule has 0 aromatic heterocycles. The van der Waals surface area contributed by atoms with E-state index >= 15 is 0 Å². The van der Waals surface area contributed by atoms with Crippen molar-refractivity contribution in [1.82, 2.24) is 16.0 Å². The monoisotopic (exact) mass is 384 g/mol. The van der Waals surface area contributed by atoms with Gasteiger partial charge < -0.3 is 16.0 Å². The molecule has 9 heteroatoms. The fourth-order valence-electron chi connectivity index (χ4n) is 2.70. The topological polar surface area (TPSA) is 108 Å². The van der Waals surface area contributed by atoms with E-state index in [1.54, 1.807) is 0 Å². The Morgan fingerprint density at radius 2 is 0.833 bits per heavy atom. The van der Waals surface area contributed by atoms with Crippen LogP contribution in [-0.4, -0.2) is 15.5 Å². The van der Waals surface area contributed by atoms with E-state index in [2.05, 4.69) is 53.8 Å². The Morgan fingerprint density at radius 3 is 1.00 bits per heavy atom. The average Bonchev–Trinajstić information content (AvgIpc) is 2.45. The second-order valence-electron chi connectivity index (χ2n) is 5.42. The number of hydrogen-bond acceptors (Lipinski definition) is 3. The van der Waals surface area contributed by atoms with Gasteiger partial charge in [-0.15, -0.1) is 37.9 Å². The van der Waals surface area contributed by atoms with Crippen LogP contribution in [0.15, 0.2) is 0 Å². The largest absolute Gasteiger partial charge is 0.361 e. The molecule has 24 heavy (non-hydrogen) atoms. The molecule has 6 nitrogen and oxygen atoms in total. The van der Waals surface area contributed by atoms with E-state index in [-0.39, 0.29) is 15.5 Å². The number of amidine groups is 3. The number of rotatable bonds is 6. The first kappa shape index (κ1) is 20.7. The molecule has 0 bridgehead atoms. The summed E-state index contributed by atoms with van der Waals surface area (Å²) in [6.45, 7) is 7.60. The fraction of sp³-hybridized carbons (Fsp3) is 0.400. The van der Waals surface area contributed by atoms with Crippen molar-refractivity contribution in [2.24, 2.45) is 0 Å². The Balaban J connectivity index is 3.36. The van der Waals surface area contributed by atoms with Crippen molar-refractivity contribution in [1.29, 1.82) is 16.2 Å². The minimum Gasteiger partial charge on any atom is -0.361 e. The smallest absolute Gasteiger partial charge is 0.150 e. The van der Waals surface area contributed by atoms with Gasteiger partial charge in [0, 0.05) is 19.6 Å². The molecule has 0 amide bonds. The molecule has 6 N–H and O–H groups in total. The van der Waals surface area contributed by atoms with Gasteiger partial charge in [0.1, 0.15) is 0 Å². The maximum Gasteiger partial charge on any atom is 0.150 e. The molecular weight excluding hydrogens is 360 g/mol. The molecule has 0 heterocycles. The van der Waals surface area contributed by atoms with E-state index in [9.17, 15) is 0 Å². The molecule has 0 saturated carbocycles. The fourth-order valence-corrected chi connectivity index (χ4v) is 2.94. The third-order valence-electron chi connectivity index (χ3n) is 4.01. The summed E-state index contributed by atoms with van der Waals surface area (Å²) >= 11 is 11.9. The molecule has 0 aliphatic rings.